The second-order valence-electron chi connectivity index (χ2n) is 6.32. The van der Waals surface area contributed by atoms with Gasteiger partial charge >= 0.3 is 0 Å². The van der Waals surface area contributed by atoms with Crippen LogP contribution in [0.4, 0.5) is 11.6 Å². The van der Waals surface area contributed by atoms with Crippen LogP contribution in [0, 0.1) is 0 Å². The SMILES string of the molecule is CN1CCN(c2ncc(NC(=O)c3cccc(-n4cnnn4)c3)cn2)CC1. The molecule has 138 valence electrons. The summed E-state index contributed by atoms with van der Waals surface area (Å²) < 4.78 is 1.49. The monoisotopic (exact) mass is 365 g/mol. The lowest BCUT2D eigenvalue weighted by Crippen LogP contribution is -2.45. The van der Waals surface area contributed by atoms with Gasteiger partial charge in [-0.15, -0.1) is 5.10 Å². The third-order valence-corrected chi connectivity index (χ3v) is 4.40. The van der Waals surface area contributed by atoms with Crippen LogP contribution < -0.4 is 10.2 Å². The van der Waals surface area contributed by atoms with E-state index in [-0.39, 0.29) is 5.91 Å². The van der Waals surface area contributed by atoms with Crippen molar-refractivity contribution in [3.8, 4) is 5.69 Å². The van der Waals surface area contributed by atoms with Crippen molar-refractivity contribution in [1.82, 2.24) is 35.1 Å². The number of hydrogen-bond donors (Lipinski definition) is 1. The molecule has 0 aliphatic carbocycles. The molecule has 1 aromatic carbocycles. The van der Waals surface area contributed by atoms with Crippen LogP contribution in [0.3, 0.4) is 0 Å². The van der Waals surface area contributed by atoms with Gasteiger partial charge in [0.25, 0.3) is 5.91 Å². The number of tetrazole rings is 1. The van der Waals surface area contributed by atoms with Gasteiger partial charge in [-0.1, -0.05) is 6.07 Å². The Morgan fingerprint density at radius 3 is 2.59 bits per heavy atom. The van der Waals surface area contributed by atoms with Crippen molar-refractivity contribution < 1.29 is 4.79 Å². The van der Waals surface area contributed by atoms with Gasteiger partial charge in [0.15, 0.2) is 0 Å². The molecule has 3 heterocycles. The fraction of sp³-hybridized carbons (Fsp3) is 0.294. The number of anilines is 2. The first-order valence-corrected chi connectivity index (χ1v) is 8.59. The third-order valence-electron chi connectivity index (χ3n) is 4.40. The third kappa shape index (κ3) is 3.90. The highest BCUT2D eigenvalue weighted by atomic mass is 16.1. The van der Waals surface area contributed by atoms with Gasteiger partial charge in [0.2, 0.25) is 5.95 Å². The van der Waals surface area contributed by atoms with Crippen molar-refractivity contribution in [2.45, 2.75) is 0 Å². The van der Waals surface area contributed by atoms with E-state index in [0.717, 1.165) is 26.2 Å². The van der Waals surface area contributed by atoms with Crippen LogP contribution in [0.2, 0.25) is 0 Å². The number of piperazine rings is 1. The Bertz CT molecular complexity index is 902. The molecule has 0 unspecified atom stereocenters. The summed E-state index contributed by atoms with van der Waals surface area (Å²) in [6.45, 7) is 3.76. The molecule has 0 spiro atoms. The summed E-state index contributed by atoms with van der Waals surface area (Å²) >= 11 is 0. The summed E-state index contributed by atoms with van der Waals surface area (Å²) in [6, 6.07) is 7.04. The Morgan fingerprint density at radius 1 is 1.11 bits per heavy atom. The summed E-state index contributed by atoms with van der Waals surface area (Å²) in [5.74, 6) is 0.433. The van der Waals surface area contributed by atoms with E-state index in [4.69, 9.17) is 0 Å². The van der Waals surface area contributed by atoms with Crippen LogP contribution in [0.5, 0.6) is 0 Å². The molecule has 10 nitrogen and oxygen atoms in total. The van der Waals surface area contributed by atoms with Gasteiger partial charge in [0.1, 0.15) is 6.33 Å². The number of nitrogens with zero attached hydrogens (tertiary/aromatic N) is 8. The van der Waals surface area contributed by atoms with Gasteiger partial charge in [-0.2, -0.15) is 0 Å². The molecular weight excluding hydrogens is 346 g/mol. The number of hydrogen-bond acceptors (Lipinski definition) is 8. The highest BCUT2D eigenvalue weighted by Crippen LogP contribution is 2.14. The highest BCUT2D eigenvalue weighted by Gasteiger charge is 2.16. The van der Waals surface area contributed by atoms with Crippen molar-refractivity contribution in [3.63, 3.8) is 0 Å². The number of rotatable bonds is 4. The molecule has 3 aromatic rings. The molecule has 1 aliphatic heterocycles. The van der Waals surface area contributed by atoms with Crippen molar-refractivity contribution in [1.29, 1.82) is 0 Å². The number of likely N-dealkylation sites (N-methyl/N-ethyl adjacent to an activating group) is 1. The van der Waals surface area contributed by atoms with E-state index >= 15 is 0 Å². The quantitative estimate of drug-likeness (QED) is 0.711. The summed E-state index contributed by atoms with van der Waals surface area (Å²) in [7, 11) is 2.10. The minimum absolute atomic E-state index is 0.249. The zero-order chi connectivity index (χ0) is 18.6. The molecule has 0 saturated carbocycles. The van der Waals surface area contributed by atoms with Crippen LogP contribution in [0.1, 0.15) is 10.4 Å². The minimum atomic E-state index is -0.249. The first kappa shape index (κ1) is 17.0. The normalized spacial score (nSPS) is 14.9. The van der Waals surface area contributed by atoms with E-state index in [1.807, 2.05) is 6.07 Å². The number of aromatic nitrogens is 6. The smallest absolute Gasteiger partial charge is 0.255 e. The Labute approximate surface area is 155 Å². The molecule has 1 N–H and O–H groups in total. The molecule has 0 bridgehead atoms. The zero-order valence-corrected chi connectivity index (χ0v) is 14.9. The van der Waals surface area contributed by atoms with Gasteiger partial charge in [-0.3, -0.25) is 4.79 Å². The van der Waals surface area contributed by atoms with E-state index in [1.54, 1.807) is 30.6 Å². The van der Waals surface area contributed by atoms with E-state index in [0.29, 0.717) is 22.9 Å². The second kappa shape index (κ2) is 7.46. The number of nitrogens with one attached hydrogen (secondary N) is 1. The molecule has 1 saturated heterocycles. The summed E-state index contributed by atoms with van der Waals surface area (Å²) in [4.78, 5) is 25.7. The largest absolute Gasteiger partial charge is 0.338 e. The first-order valence-electron chi connectivity index (χ1n) is 8.59. The highest BCUT2D eigenvalue weighted by molar-refractivity contribution is 6.04. The van der Waals surface area contributed by atoms with Crippen LogP contribution in [0.15, 0.2) is 43.0 Å². The standard InChI is InChI=1S/C17H19N9O/c1-24-5-7-25(8-6-24)17-18-10-14(11-19-17)21-16(27)13-3-2-4-15(9-13)26-12-20-22-23-26/h2-4,9-12H,5-8H2,1H3,(H,21,27). The first-order chi connectivity index (χ1) is 13.2. The van der Waals surface area contributed by atoms with Gasteiger partial charge in [0, 0.05) is 31.7 Å². The molecule has 27 heavy (non-hydrogen) atoms. The zero-order valence-electron chi connectivity index (χ0n) is 14.9. The molecule has 0 atom stereocenters. The topological polar surface area (TPSA) is 105 Å². The molecule has 1 fully saturated rings. The molecule has 1 amide bonds. The minimum Gasteiger partial charge on any atom is -0.338 e. The average Bonchev–Trinajstić information content (AvgIpc) is 3.24. The number of benzene rings is 1. The Morgan fingerprint density at radius 2 is 1.89 bits per heavy atom. The van der Waals surface area contributed by atoms with E-state index in [1.165, 1.54) is 11.0 Å². The maximum absolute atomic E-state index is 12.5. The van der Waals surface area contributed by atoms with Crippen molar-refractivity contribution in [3.05, 3.63) is 48.5 Å². The van der Waals surface area contributed by atoms with E-state index < -0.39 is 0 Å². The summed E-state index contributed by atoms with van der Waals surface area (Å²) in [6.07, 6.45) is 4.73. The molecular formula is C17H19N9O. The second-order valence-corrected chi connectivity index (χ2v) is 6.32. The van der Waals surface area contributed by atoms with Gasteiger partial charge in [-0.05, 0) is 35.7 Å². The van der Waals surface area contributed by atoms with Crippen LogP contribution in [0.25, 0.3) is 5.69 Å². The molecule has 0 radical (unpaired) electrons. The predicted molar refractivity (Wildman–Crippen MR) is 98.8 cm³/mol. The van der Waals surface area contributed by atoms with Gasteiger partial charge < -0.3 is 15.1 Å². The van der Waals surface area contributed by atoms with Crippen LogP contribution >= 0.6 is 0 Å². The maximum Gasteiger partial charge on any atom is 0.255 e. The van der Waals surface area contributed by atoms with E-state index in [9.17, 15) is 4.79 Å². The molecule has 4 rings (SSSR count). The lowest BCUT2D eigenvalue weighted by Gasteiger charge is -2.32. The van der Waals surface area contributed by atoms with Gasteiger partial charge in [0.05, 0.1) is 23.8 Å². The number of carbonyl (C=O) groups excluding carboxylic acids is 1. The molecule has 10 heteroatoms. The van der Waals surface area contributed by atoms with E-state index in [2.05, 4.69) is 47.7 Å². The maximum atomic E-state index is 12.5. The number of amides is 1. The number of carbonyl (C=O) groups is 1. The van der Waals surface area contributed by atoms with Crippen molar-refractivity contribution in [2.24, 2.45) is 0 Å². The van der Waals surface area contributed by atoms with Crippen LogP contribution in [-0.2, 0) is 0 Å². The predicted octanol–water partition coefficient (Wildman–Crippen LogP) is 0.456. The Balaban J connectivity index is 1.43. The molecule has 1 aliphatic rings. The fourth-order valence-corrected chi connectivity index (χ4v) is 2.83. The molecule has 2 aromatic heterocycles. The van der Waals surface area contributed by atoms with Crippen LogP contribution in [-0.4, -0.2) is 74.2 Å². The lowest BCUT2D eigenvalue weighted by atomic mass is 10.2. The van der Waals surface area contributed by atoms with Gasteiger partial charge in [-0.25, -0.2) is 14.6 Å². The van der Waals surface area contributed by atoms with Crippen molar-refractivity contribution in [2.75, 3.05) is 43.4 Å². The fourth-order valence-electron chi connectivity index (χ4n) is 2.83. The summed E-state index contributed by atoms with van der Waals surface area (Å²) in [5, 5.41) is 13.8. The Kier molecular flexibility index (Phi) is 4.71. The van der Waals surface area contributed by atoms with Crippen molar-refractivity contribution >= 4 is 17.5 Å². The summed E-state index contributed by atoms with van der Waals surface area (Å²) in [5.41, 5.74) is 1.74. The Hall–Kier alpha value is -3.40. The lowest BCUT2D eigenvalue weighted by molar-refractivity contribution is 0.102. The average molecular weight is 365 g/mol.